The normalized spacial score (nSPS) is 11.9. The molecule has 28 heavy (non-hydrogen) atoms. The van der Waals surface area contributed by atoms with Crippen LogP contribution in [0, 0.1) is 0 Å². The van der Waals surface area contributed by atoms with Crippen LogP contribution in [-0.4, -0.2) is 11.0 Å². The molecule has 0 aliphatic rings. The summed E-state index contributed by atoms with van der Waals surface area (Å²) in [5.41, 5.74) is 2.92. The molecule has 0 saturated heterocycles. The van der Waals surface area contributed by atoms with Crippen molar-refractivity contribution in [2.24, 2.45) is 0 Å². The summed E-state index contributed by atoms with van der Waals surface area (Å²) in [6.45, 7) is 4.07. The van der Waals surface area contributed by atoms with E-state index in [9.17, 15) is 4.79 Å². The average molecular weight is 377 g/mol. The predicted molar refractivity (Wildman–Crippen MR) is 111 cm³/mol. The van der Waals surface area contributed by atoms with Crippen molar-refractivity contribution in [2.45, 2.75) is 52.2 Å². The van der Waals surface area contributed by atoms with Crippen LogP contribution in [0.5, 0.6) is 5.75 Å². The lowest BCUT2D eigenvalue weighted by Gasteiger charge is -2.18. The van der Waals surface area contributed by atoms with Gasteiger partial charge in [0.1, 0.15) is 24.0 Å². The lowest BCUT2D eigenvalue weighted by Crippen LogP contribution is -2.09. The van der Waals surface area contributed by atoms with Crippen LogP contribution in [-0.2, 0) is 16.1 Å². The number of benzene rings is 2. The van der Waals surface area contributed by atoms with Gasteiger partial charge >= 0.3 is 5.97 Å². The molecule has 0 fully saturated rings. The van der Waals surface area contributed by atoms with Crippen LogP contribution in [0.25, 0.3) is 10.9 Å². The van der Waals surface area contributed by atoms with E-state index in [1.165, 1.54) is 6.92 Å². The van der Waals surface area contributed by atoms with Gasteiger partial charge in [-0.2, -0.15) is 0 Å². The number of hydrogen-bond acceptors (Lipinski definition) is 4. The fraction of sp³-hybridized carbons (Fsp3) is 0.333. The monoisotopic (exact) mass is 377 g/mol. The Bertz CT molecular complexity index is 917. The van der Waals surface area contributed by atoms with Gasteiger partial charge in [-0.15, -0.1) is 0 Å². The molecule has 1 unspecified atom stereocenters. The van der Waals surface area contributed by atoms with Gasteiger partial charge in [0, 0.05) is 18.5 Å². The standard InChI is InChI=1S/C24H27NO3/c1-3-4-5-13-22(28-18(2)26)21-11-6-9-19(16-21)17-27-23-14-7-10-20-12-8-15-25-24(20)23/h6-12,14-16,22H,3-5,13,17H2,1-2H3. The number of ether oxygens (including phenoxy) is 2. The maximum absolute atomic E-state index is 11.5. The highest BCUT2D eigenvalue weighted by molar-refractivity contribution is 5.84. The number of aromatic nitrogens is 1. The average Bonchev–Trinajstić information content (AvgIpc) is 2.71. The quantitative estimate of drug-likeness (QED) is 0.339. The number of nitrogens with zero attached hydrogens (tertiary/aromatic N) is 1. The van der Waals surface area contributed by atoms with Crippen molar-refractivity contribution in [3.8, 4) is 5.75 Å². The van der Waals surface area contributed by atoms with Gasteiger partial charge in [-0.1, -0.05) is 56.2 Å². The van der Waals surface area contributed by atoms with E-state index < -0.39 is 0 Å². The molecule has 0 aliphatic heterocycles. The number of fused-ring (bicyclic) bond motifs is 1. The number of rotatable bonds is 9. The van der Waals surface area contributed by atoms with Crippen LogP contribution in [0.15, 0.2) is 60.8 Å². The highest BCUT2D eigenvalue weighted by atomic mass is 16.5. The second-order valence-corrected chi connectivity index (χ2v) is 6.96. The molecular formula is C24H27NO3. The van der Waals surface area contributed by atoms with Crippen LogP contribution in [0.2, 0.25) is 0 Å². The van der Waals surface area contributed by atoms with E-state index in [0.29, 0.717) is 6.61 Å². The molecule has 3 aromatic rings. The zero-order chi connectivity index (χ0) is 19.8. The minimum atomic E-state index is -0.245. The largest absolute Gasteiger partial charge is 0.487 e. The third-order valence-corrected chi connectivity index (χ3v) is 4.69. The first-order valence-corrected chi connectivity index (χ1v) is 9.90. The van der Waals surface area contributed by atoms with Crippen molar-refractivity contribution >= 4 is 16.9 Å². The topological polar surface area (TPSA) is 48.4 Å². The predicted octanol–water partition coefficient (Wildman–Crippen LogP) is 6.00. The maximum atomic E-state index is 11.5. The molecule has 2 aromatic carbocycles. The number of carbonyl (C=O) groups is 1. The number of para-hydroxylation sites is 1. The zero-order valence-electron chi connectivity index (χ0n) is 16.6. The van der Waals surface area contributed by atoms with Gasteiger partial charge in [0.25, 0.3) is 0 Å². The lowest BCUT2D eigenvalue weighted by molar-refractivity contribution is -0.147. The molecule has 1 atom stereocenters. The smallest absolute Gasteiger partial charge is 0.303 e. The number of hydrogen-bond donors (Lipinski definition) is 0. The van der Waals surface area contributed by atoms with E-state index in [4.69, 9.17) is 9.47 Å². The Morgan fingerprint density at radius 1 is 1.07 bits per heavy atom. The molecule has 0 spiro atoms. The molecule has 1 heterocycles. The molecule has 0 saturated carbocycles. The van der Waals surface area contributed by atoms with Crippen LogP contribution >= 0.6 is 0 Å². The van der Waals surface area contributed by atoms with Crippen molar-refractivity contribution < 1.29 is 14.3 Å². The molecule has 3 rings (SSSR count). The summed E-state index contributed by atoms with van der Waals surface area (Å²) in [7, 11) is 0. The van der Waals surface area contributed by atoms with Gasteiger partial charge in [-0.3, -0.25) is 9.78 Å². The molecule has 0 radical (unpaired) electrons. The van der Waals surface area contributed by atoms with Crippen LogP contribution in [0.4, 0.5) is 0 Å². The van der Waals surface area contributed by atoms with Gasteiger partial charge in [0.05, 0.1) is 0 Å². The Balaban J connectivity index is 1.73. The fourth-order valence-corrected chi connectivity index (χ4v) is 3.31. The number of pyridine rings is 1. The first-order chi connectivity index (χ1) is 13.7. The van der Waals surface area contributed by atoms with E-state index in [-0.39, 0.29) is 12.1 Å². The first kappa shape index (κ1) is 19.9. The van der Waals surface area contributed by atoms with E-state index in [0.717, 1.165) is 53.5 Å². The van der Waals surface area contributed by atoms with E-state index in [1.54, 1.807) is 6.20 Å². The molecule has 1 aromatic heterocycles. The van der Waals surface area contributed by atoms with Crippen LogP contribution in [0.1, 0.15) is 56.8 Å². The summed E-state index contributed by atoms with van der Waals surface area (Å²) in [6.07, 6.45) is 5.72. The van der Waals surface area contributed by atoms with Crippen molar-refractivity contribution in [1.82, 2.24) is 4.98 Å². The number of carbonyl (C=O) groups excluding carboxylic acids is 1. The van der Waals surface area contributed by atoms with Gasteiger partial charge in [-0.05, 0) is 42.2 Å². The Morgan fingerprint density at radius 2 is 1.89 bits per heavy atom. The second-order valence-electron chi connectivity index (χ2n) is 6.96. The van der Waals surface area contributed by atoms with Crippen LogP contribution < -0.4 is 4.74 Å². The molecule has 0 amide bonds. The van der Waals surface area contributed by atoms with E-state index >= 15 is 0 Å². The molecule has 0 bridgehead atoms. The minimum Gasteiger partial charge on any atom is -0.487 e. The highest BCUT2D eigenvalue weighted by Gasteiger charge is 2.15. The summed E-state index contributed by atoms with van der Waals surface area (Å²) in [5, 5.41) is 1.06. The van der Waals surface area contributed by atoms with E-state index in [2.05, 4.69) is 18.0 Å². The van der Waals surface area contributed by atoms with Gasteiger partial charge in [0.15, 0.2) is 0 Å². The third-order valence-electron chi connectivity index (χ3n) is 4.69. The van der Waals surface area contributed by atoms with Crippen molar-refractivity contribution in [3.63, 3.8) is 0 Å². The summed E-state index contributed by atoms with van der Waals surface area (Å²) in [5.74, 6) is 0.521. The minimum absolute atomic E-state index is 0.205. The molecule has 146 valence electrons. The van der Waals surface area contributed by atoms with Gasteiger partial charge in [-0.25, -0.2) is 0 Å². The summed E-state index contributed by atoms with van der Waals surface area (Å²) < 4.78 is 11.6. The lowest BCUT2D eigenvalue weighted by atomic mass is 10.0. The zero-order valence-corrected chi connectivity index (χ0v) is 16.6. The third kappa shape index (κ3) is 5.32. The Hall–Kier alpha value is -2.88. The summed E-state index contributed by atoms with van der Waals surface area (Å²) in [6, 6.07) is 18.0. The summed E-state index contributed by atoms with van der Waals surface area (Å²) in [4.78, 5) is 16.0. The van der Waals surface area contributed by atoms with Gasteiger partial charge in [0.2, 0.25) is 0 Å². The SMILES string of the molecule is CCCCCC(OC(C)=O)c1cccc(COc2cccc3cccnc23)c1. The molecule has 4 nitrogen and oxygen atoms in total. The fourth-order valence-electron chi connectivity index (χ4n) is 3.31. The number of unbranched alkanes of at least 4 members (excludes halogenated alkanes) is 2. The molecule has 0 N–H and O–H groups in total. The van der Waals surface area contributed by atoms with Crippen LogP contribution in [0.3, 0.4) is 0 Å². The first-order valence-electron chi connectivity index (χ1n) is 9.90. The summed E-state index contributed by atoms with van der Waals surface area (Å²) >= 11 is 0. The number of esters is 1. The highest BCUT2D eigenvalue weighted by Crippen LogP contribution is 2.27. The Labute approximate surface area is 166 Å². The second kappa shape index (κ2) is 9.88. The maximum Gasteiger partial charge on any atom is 0.303 e. The van der Waals surface area contributed by atoms with Crippen molar-refractivity contribution in [1.29, 1.82) is 0 Å². The Kier molecular flexibility index (Phi) is 7.01. The van der Waals surface area contributed by atoms with Gasteiger partial charge < -0.3 is 9.47 Å². The molecular weight excluding hydrogens is 350 g/mol. The van der Waals surface area contributed by atoms with Crippen molar-refractivity contribution in [2.75, 3.05) is 0 Å². The van der Waals surface area contributed by atoms with Crippen molar-refractivity contribution in [3.05, 3.63) is 71.9 Å². The molecule has 4 heteroatoms. The van der Waals surface area contributed by atoms with E-state index in [1.807, 2.05) is 48.5 Å². The molecule has 0 aliphatic carbocycles. The Morgan fingerprint density at radius 3 is 2.71 bits per heavy atom.